The minimum absolute atomic E-state index is 0.0198. The topological polar surface area (TPSA) is 21.3 Å². The van der Waals surface area contributed by atoms with Crippen LogP contribution in [0.5, 0.6) is 5.75 Å². The van der Waals surface area contributed by atoms with Crippen molar-refractivity contribution in [3.63, 3.8) is 0 Å². The van der Waals surface area contributed by atoms with Crippen LogP contribution >= 0.6 is 11.6 Å². The second kappa shape index (κ2) is 6.81. The number of anilines is 1. The van der Waals surface area contributed by atoms with E-state index in [1.54, 1.807) is 12.1 Å². The molecule has 2 aromatic rings. The number of aryl methyl sites for hydroxylation is 2. The van der Waals surface area contributed by atoms with Crippen molar-refractivity contribution in [1.82, 2.24) is 0 Å². The van der Waals surface area contributed by atoms with Crippen molar-refractivity contribution in [2.45, 2.75) is 26.9 Å². The van der Waals surface area contributed by atoms with Gasteiger partial charge in [0.2, 0.25) is 0 Å². The monoisotopic (exact) mass is 307 g/mol. The van der Waals surface area contributed by atoms with Crippen LogP contribution in [-0.2, 0) is 0 Å². The molecule has 2 aromatic carbocycles. The quantitative estimate of drug-likeness (QED) is 0.841. The van der Waals surface area contributed by atoms with E-state index in [9.17, 15) is 4.39 Å². The third-order valence-corrected chi connectivity index (χ3v) is 3.53. The third kappa shape index (κ3) is 4.11. The average molecular weight is 308 g/mol. The molecular formula is C17H19ClFNO. The van der Waals surface area contributed by atoms with E-state index in [0.717, 1.165) is 22.6 Å². The Morgan fingerprint density at radius 2 is 1.86 bits per heavy atom. The first-order valence-electron chi connectivity index (χ1n) is 6.89. The number of ether oxygens (including phenoxy) is 1. The molecule has 0 aliphatic heterocycles. The number of hydrogen-bond acceptors (Lipinski definition) is 2. The molecule has 0 bridgehead atoms. The van der Waals surface area contributed by atoms with Crippen molar-refractivity contribution in [3.8, 4) is 5.75 Å². The van der Waals surface area contributed by atoms with Crippen molar-refractivity contribution in [2.75, 3.05) is 11.9 Å². The van der Waals surface area contributed by atoms with Crippen molar-refractivity contribution >= 4 is 17.3 Å². The van der Waals surface area contributed by atoms with Gasteiger partial charge in [0, 0.05) is 5.69 Å². The second-order valence-corrected chi connectivity index (χ2v) is 5.57. The summed E-state index contributed by atoms with van der Waals surface area (Å²) < 4.78 is 19.1. The van der Waals surface area contributed by atoms with Crippen LogP contribution in [0.15, 0.2) is 36.4 Å². The zero-order valence-corrected chi connectivity index (χ0v) is 13.2. The van der Waals surface area contributed by atoms with Gasteiger partial charge in [0.15, 0.2) is 0 Å². The smallest absolute Gasteiger partial charge is 0.141 e. The van der Waals surface area contributed by atoms with Gasteiger partial charge in [0.25, 0.3) is 0 Å². The Morgan fingerprint density at radius 3 is 2.48 bits per heavy atom. The van der Waals surface area contributed by atoms with Gasteiger partial charge in [-0.1, -0.05) is 29.8 Å². The van der Waals surface area contributed by atoms with E-state index >= 15 is 0 Å². The number of rotatable bonds is 5. The standard InChI is InChI=1S/C17H19ClFNO/c1-11-5-4-6-12(2)17(11)21-13(3)10-20-14-7-8-16(19)15(18)9-14/h4-9,13,20H,10H2,1-3H3. The van der Waals surface area contributed by atoms with Gasteiger partial charge in [0.05, 0.1) is 11.6 Å². The maximum Gasteiger partial charge on any atom is 0.141 e. The highest BCUT2D eigenvalue weighted by Crippen LogP contribution is 2.24. The normalized spacial score (nSPS) is 12.0. The molecule has 0 radical (unpaired) electrons. The highest BCUT2D eigenvalue weighted by atomic mass is 35.5. The Hall–Kier alpha value is -1.74. The first-order chi connectivity index (χ1) is 9.97. The highest BCUT2D eigenvalue weighted by Gasteiger charge is 2.09. The molecule has 0 saturated heterocycles. The predicted molar refractivity (Wildman–Crippen MR) is 85.9 cm³/mol. The lowest BCUT2D eigenvalue weighted by Crippen LogP contribution is -2.23. The summed E-state index contributed by atoms with van der Waals surface area (Å²) in [4.78, 5) is 0. The fraction of sp³-hybridized carbons (Fsp3) is 0.294. The lowest BCUT2D eigenvalue weighted by molar-refractivity contribution is 0.231. The molecule has 112 valence electrons. The van der Waals surface area contributed by atoms with Crippen LogP contribution in [0.4, 0.5) is 10.1 Å². The molecular weight excluding hydrogens is 289 g/mol. The lowest BCUT2D eigenvalue weighted by atomic mass is 10.1. The Kier molecular flexibility index (Phi) is 5.07. The molecule has 0 aliphatic rings. The first-order valence-corrected chi connectivity index (χ1v) is 7.27. The van der Waals surface area contributed by atoms with Crippen molar-refractivity contribution in [1.29, 1.82) is 0 Å². The molecule has 0 heterocycles. The van der Waals surface area contributed by atoms with Crippen molar-refractivity contribution in [2.24, 2.45) is 0 Å². The van der Waals surface area contributed by atoms with Crippen LogP contribution in [0.1, 0.15) is 18.1 Å². The Bertz CT molecular complexity index is 610. The zero-order valence-electron chi connectivity index (χ0n) is 12.4. The fourth-order valence-electron chi connectivity index (χ4n) is 2.10. The summed E-state index contributed by atoms with van der Waals surface area (Å²) in [6.07, 6.45) is -0.0198. The summed E-state index contributed by atoms with van der Waals surface area (Å²) in [5, 5.41) is 3.31. The number of para-hydroxylation sites is 1. The fourth-order valence-corrected chi connectivity index (χ4v) is 2.28. The summed E-state index contributed by atoms with van der Waals surface area (Å²) >= 11 is 5.75. The second-order valence-electron chi connectivity index (χ2n) is 5.16. The maximum atomic E-state index is 13.1. The van der Waals surface area contributed by atoms with Gasteiger partial charge < -0.3 is 10.1 Å². The average Bonchev–Trinajstić information content (AvgIpc) is 2.44. The number of benzene rings is 2. The van der Waals surface area contributed by atoms with Gasteiger partial charge in [-0.15, -0.1) is 0 Å². The Morgan fingerprint density at radius 1 is 1.19 bits per heavy atom. The van der Waals surface area contributed by atoms with Gasteiger partial charge in [-0.2, -0.15) is 0 Å². The highest BCUT2D eigenvalue weighted by molar-refractivity contribution is 6.31. The van der Waals surface area contributed by atoms with Gasteiger partial charge in [0.1, 0.15) is 17.7 Å². The molecule has 0 saturated carbocycles. The Labute approximate surface area is 129 Å². The minimum Gasteiger partial charge on any atom is -0.488 e. The van der Waals surface area contributed by atoms with E-state index in [1.807, 2.05) is 39.0 Å². The number of hydrogen-bond donors (Lipinski definition) is 1. The van der Waals surface area contributed by atoms with E-state index in [0.29, 0.717) is 6.54 Å². The predicted octanol–water partition coefficient (Wildman–Crippen LogP) is 4.98. The molecule has 0 aliphatic carbocycles. The van der Waals surface area contributed by atoms with E-state index < -0.39 is 5.82 Å². The molecule has 1 unspecified atom stereocenters. The van der Waals surface area contributed by atoms with Crippen LogP contribution in [0.3, 0.4) is 0 Å². The van der Waals surface area contributed by atoms with Crippen LogP contribution in [0, 0.1) is 19.7 Å². The molecule has 4 heteroatoms. The SMILES string of the molecule is Cc1cccc(C)c1OC(C)CNc1ccc(F)c(Cl)c1. The number of nitrogens with one attached hydrogen (secondary N) is 1. The molecule has 21 heavy (non-hydrogen) atoms. The molecule has 0 fully saturated rings. The van der Waals surface area contributed by atoms with E-state index in [-0.39, 0.29) is 11.1 Å². The summed E-state index contributed by atoms with van der Waals surface area (Å²) in [5.74, 6) is 0.506. The van der Waals surface area contributed by atoms with Crippen LogP contribution in [0.2, 0.25) is 5.02 Å². The summed E-state index contributed by atoms with van der Waals surface area (Å²) in [6.45, 7) is 6.66. The van der Waals surface area contributed by atoms with Gasteiger partial charge in [-0.25, -0.2) is 4.39 Å². The molecule has 1 atom stereocenters. The Balaban J connectivity index is 1.96. The van der Waals surface area contributed by atoms with Crippen LogP contribution in [0.25, 0.3) is 0 Å². The third-order valence-electron chi connectivity index (χ3n) is 3.24. The molecule has 2 nitrogen and oxygen atoms in total. The van der Waals surface area contributed by atoms with Gasteiger partial charge >= 0.3 is 0 Å². The molecule has 0 spiro atoms. The minimum atomic E-state index is -0.415. The van der Waals surface area contributed by atoms with E-state index in [2.05, 4.69) is 5.32 Å². The molecule has 1 N–H and O–H groups in total. The summed E-state index contributed by atoms with van der Waals surface area (Å²) in [5.41, 5.74) is 3.01. The molecule has 0 amide bonds. The van der Waals surface area contributed by atoms with E-state index in [1.165, 1.54) is 6.07 Å². The lowest BCUT2D eigenvalue weighted by Gasteiger charge is -2.19. The van der Waals surface area contributed by atoms with Crippen molar-refractivity contribution < 1.29 is 9.13 Å². The van der Waals surface area contributed by atoms with Crippen molar-refractivity contribution in [3.05, 3.63) is 58.4 Å². The van der Waals surface area contributed by atoms with Crippen LogP contribution < -0.4 is 10.1 Å². The summed E-state index contributed by atoms with van der Waals surface area (Å²) in [7, 11) is 0. The zero-order chi connectivity index (χ0) is 15.4. The molecule has 0 aromatic heterocycles. The van der Waals surface area contributed by atoms with Gasteiger partial charge in [-0.05, 0) is 50.1 Å². The number of halogens is 2. The van der Waals surface area contributed by atoms with Crippen LogP contribution in [-0.4, -0.2) is 12.6 Å². The summed E-state index contributed by atoms with van der Waals surface area (Å²) in [6, 6.07) is 10.7. The largest absolute Gasteiger partial charge is 0.488 e. The first kappa shape index (κ1) is 15.6. The molecule has 2 rings (SSSR count). The maximum absolute atomic E-state index is 13.1. The van der Waals surface area contributed by atoms with Gasteiger partial charge in [-0.3, -0.25) is 0 Å². The van der Waals surface area contributed by atoms with E-state index in [4.69, 9.17) is 16.3 Å².